The minimum atomic E-state index is 0.446. The zero-order chi connectivity index (χ0) is 20.3. The van der Waals surface area contributed by atoms with Gasteiger partial charge in [0, 0.05) is 49.2 Å². The fourth-order valence-electron chi connectivity index (χ4n) is 3.98. The van der Waals surface area contributed by atoms with E-state index in [1.165, 1.54) is 23.1 Å². The number of nitrogens with one attached hydrogen (secondary N) is 1. The average molecular weight is 416 g/mol. The second kappa shape index (κ2) is 8.50. The second-order valence-corrected chi connectivity index (χ2v) is 8.87. The Morgan fingerprint density at radius 3 is 2.70 bits per heavy atom. The van der Waals surface area contributed by atoms with Gasteiger partial charge in [-0.15, -0.1) is 0 Å². The van der Waals surface area contributed by atoms with Crippen LogP contribution in [0.15, 0.2) is 60.9 Å². The molecule has 1 aliphatic rings. The van der Waals surface area contributed by atoms with Crippen molar-refractivity contribution in [1.82, 2.24) is 20.3 Å². The third-order valence-corrected chi connectivity index (χ3v) is 6.76. The first-order valence-corrected chi connectivity index (χ1v) is 11.3. The van der Waals surface area contributed by atoms with Crippen molar-refractivity contribution in [3.8, 4) is 11.4 Å². The molecule has 1 aliphatic heterocycles. The lowest BCUT2D eigenvalue weighted by Gasteiger charge is -2.33. The molecular formula is C24H25N5S. The largest absolute Gasteiger partial charge is 0.347 e. The summed E-state index contributed by atoms with van der Waals surface area (Å²) in [6.45, 7) is 4.94. The highest BCUT2D eigenvalue weighted by molar-refractivity contribution is 7.22. The summed E-state index contributed by atoms with van der Waals surface area (Å²) in [5.74, 6) is 0.788. The molecule has 0 unspecified atom stereocenters. The number of nitrogens with zero attached hydrogens (tertiary/aromatic N) is 4. The predicted octanol–water partition coefficient (Wildman–Crippen LogP) is 4.82. The van der Waals surface area contributed by atoms with E-state index >= 15 is 0 Å². The van der Waals surface area contributed by atoms with Crippen LogP contribution < -0.4 is 10.2 Å². The molecule has 2 aromatic carbocycles. The summed E-state index contributed by atoms with van der Waals surface area (Å²) in [6.07, 6.45) is 6.24. The molecule has 30 heavy (non-hydrogen) atoms. The van der Waals surface area contributed by atoms with Gasteiger partial charge >= 0.3 is 0 Å². The van der Waals surface area contributed by atoms with Gasteiger partial charge in [-0.3, -0.25) is 0 Å². The summed E-state index contributed by atoms with van der Waals surface area (Å²) >= 11 is 1.79. The Morgan fingerprint density at radius 1 is 1.07 bits per heavy atom. The highest BCUT2D eigenvalue weighted by Gasteiger charge is 2.22. The maximum Gasteiger partial charge on any atom is 0.186 e. The van der Waals surface area contributed by atoms with Crippen molar-refractivity contribution in [2.75, 3.05) is 18.0 Å². The smallest absolute Gasteiger partial charge is 0.186 e. The number of benzene rings is 2. The zero-order valence-electron chi connectivity index (χ0n) is 17.1. The molecule has 1 N–H and O–H groups in total. The van der Waals surface area contributed by atoms with E-state index in [0.29, 0.717) is 6.04 Å². The number of hydrogen-bond donors (Lipinski definition) is 1. The maximum absolute atomic E-state index is 4.83. The van der Waals surface area contributed by atoms with Crippen LogP contribution in [0.1, 0.15) is 24.0 Å². The third-order valence-electron chi connectivity index (χ3n) is 5.66. The molecule has 1 saturated heterocycles. The van der Waals surface area contributed by atoms with Gasteiger partial charge in [0.25, 0.3) is 0 Å². The van der Waals surface area contributed by atoms with Gasteiger partial charge in [-0.2, -0.15) is 0 Å². The molecule has 0 saturated carbocycles. The molecule has 0 radical (unpaired) electrons. The van der Waals surface area contributed by atoms with E-state index in [0.717, 1.165) is 47.2 Å². The molecule has 1 fully saturated rings. The third kappa shape index (κ3) is 4.06. The molecule has 0 spiro atoms. The van der Waals surface area contributed by atoms with Gasteiger partial charge in [-0.25, -0.2) is 15.0 Å². The number of fused-ring (bicyclic) bond motifs is 1. The molecule has 0 aliphatic carbocycles. The summed E-state index contributed by atoms with van der Waals surface area (Å²) in [5, 5.41) is 4.83. The number of anilines is 1. The Bertz CT molecular complexity index is 1100. The molecular weight excluding hydrogens is 390 g/mol. The molecule has 0 bridgehead atoms. The van der Waals surface area contributed by atoms with Crippen molar-refractivity contribution in [2.24, 2.45) is 0 Å². The Balaban J connectivity index is 1.21. The van der Waals surface area contributed by atoms with Gasteiger partial charge in [0.1, 0.15) is 0 Å². The summed E-state index contributed by atoms with van der Waals surface area (Å²) in [7, 11) is 0. The number of piperidine rings is 1. The van der Waals surface area contributed by atoms with Gasteiger partial charge in [-0.1, -0.05) is 47.7 Å². The van der Waals surface area contributed by atoms with Crippen LogP contribution in [0.2, 0.25) is 0 Å². The van der Waals surface area contributed by atoms with Crippen molar-refractivity contribution in [3.63, 3.8) is 0 Å². The molecule has 5 nitrogen and oxygen atoms in total. The molecule has 152 valence electrons. The summed E-state index contributed by atoms with van der Waals surface area (Å²) in [5.41, 5.74) is 4.50. The first kappa shape index (κ1) is 19.2. The van der Waals surface area contributed by atoms with Gasteiger partial charge in [0.2, 0.25) is 0 Å². The van der Waals surface area contributed by atoms with Crippen molar-refractivity contribution in [1.29, 1.82) is 0 Å². The van der Waals surface area contributed by atoms with Gasteiger partial charge in [-0.05, 0) is 37.5 Å². The van der Waals surface area contributed by atoms with E-state index in [1.807, 2.05) is 24.5 Å². The van der Waals surface area contributed by atoms with E-state index in [2.05, 4.69) is 63.5 Å². The van der Waals surface area contributed by atoms with Crippen LogP contribution in [-0.4, -0.2) is 34.1 Å². The highest BCUT2D eigenvalue weighted by atomic mass is 32.1. The van der Waals surface area contributed by atoms with Gasteiger partial charge in [0.15, 0.2) is 11.0 Å². The van der Waals surface area contributed by atoms with Crippen molar-refractivity contribution < 1.29 is 0 Å². The fourth-order valence-corrected chi connectivity index (χ4v) is 4.98. The molecule has 0 amide bonds. The standard InChI is InChI=1S/C24H25N5S/c1-17-7-2-3-9-20(17)23-26-14-18(15-27-23)13-25-19-8-6-12-29(16-19)24-28-21-10-4-5-11-22(21)30-24/h2-5,7,9-11,14-15,19,25H,6,8,12-13,16H2,1H3/t19-/m1/s1. The summed E-state index contributed by atoms with van der Waals surface area (Å²) < 4.78 is 1.26. The summed E-state index contributed by atoms with van der Waals surface area (Å²) in [6, 6.07) is 17.1. The molecule has 4 aromatic rings. The van der Waals surface area contributed by atoms with Crippen molar-refractivity contribution in [2.45, 2.75) is 32.4 Å². The van der Waals surface area contributed by atoms with Crippen LogP contribution in [0, 0.1) is 6.92 Å². The first-order chi connectivity index (χ1) is 14.8. The average Bonchev–Trinajstić information content (AvgIpc) is 3.23. The van der Waals surface area contributed by atoms with E-state index in [4.69, 9.17) is 4.98 Å². The van der Waals surface area contributed by atoms with E-state index < -0.39 is 0 Å². The topological polar surface area (TPSA) is 53.9 Å². The Kier molecular flexibility index (Phi) is 5.43. The summed E-state index contributed by atoms with van der Waals surface area (Å²) in [4.78, 5) is 16.4. The van der Waals surface area contributed by atoms with Crippen LogP contribution in [0.25, 0.3) is 21.6 Å². The lowest BCUT2D eigenvalue weighted by Crippen LogP contribution is -2.45. The number of aromatic nitrogens is 3. The quantitative estimate of drug-likeness (QED) is 0.506. The molecule has 5 rings (SSSR count). The number of aryl methyl sites for hydroxylation is 1. The van der Waals surface area contributed by atoms with Crippen molar-refractivity contribution in [3.05, 3.63) is 72.1 Å². The van der Waals surface area contributed by atoms with Crippen LogP contribution >= 0.6 is 11.3 Å². The highest BCUT2D eigenvalue weighted by Crippen LogP contribution is 2.30. The molecule has 1 atom stereocenters. The van der Waals surface area contributed by atoms with E-state index in [9.17, 15) is 0 Å². The minimum absolute atomic E-state index is 0.446. The van der Waals surface area contributed by atoms with Gasteiger partial charge < -0.3 is 10.2 Å². The molecule has 6 heteroatoms. The lowest BCUT2D eigenvalue weighted by molar-refractivity contribution is 0.421. The minimum Gasteiger partial charge on any atom is -0.347 e. The van der Waals surface area contributed by atoms with Crippen LogP contribution in [0.4, 0.5) is 5.13 Å². The molecule has 2 aromatic heterocycles. The first-order valence-electron chi connectivity index (χ1n) is 10.5. The number of thiazole rings is 1. The Labute approximate surface area is 180 Å². The van der Waals surface area contributed by atoms with Crippen LogP contribution in [0.3, 0.4) is 0 Å². The Morgan fingerprint density at radius 2 is 1.87 bits per heavy atom. The van der Waals surface area contributed by atoms with Crippen molar-refractivity contribution >= 4 is 26.7 Å². The monoisotopic (exact) mass is 415 g/mol. The predicted molar refractivity (Wildman–Crippen MR) is 124 cm³/mol. The zero-order valence-corrected chi connectivity index (χ0v) is 17.9. The van der Waals surface area contributed by atoms with E-state index in [-0.39, 0.29) is 0 Å². The normalized spacial score (nSPS) is 16.8. The van der Waals surface area contributed by atoms with Gasteiger partial charge in [0.05, 0.1) is 10.2 Å². The lowest BCUT2D eigenvalue weighted by atomic mass is 10.1. The van der Waals surface area contributed by atoms with Crippen LogP contribution in [0.5, 0.6) is 0 Å². The molecule has 3 heterocycles. The second-order valence-electron chi connectivity index (χ2n) is 7.86. The fraction of sp³-hybridized carbons (Fsp3) is 0.292. The number of hydrogen-bond acceptors (Lipinski definition) is 6. The maximum atomic E-state index is 4.83. The van der Waals surface area contributed by atoms with Crippen LogP contribution in [-0.2, 0) is 6.54 Å². The number of rotatable bonds is 5. The van der Waals surface area contributed by atoms with E-state index in [1.54, 1.807) is 11.3 Å². The Hall–Kier alpha value is -2.83. The number of para-hydroxylation sites is 1. The SMILES string of the molecule is Cc1ccccc1-c1ncc(CN[C@@H]2CCCN(c3nc4ccccc4s3)C2)cn1.